The number of methoxy groups -OCH3 is 2. The van der Waals surface area contributed by atoms with Crippen LogP contribution < -0.4 is 30.9 Å². The number of alkyl halides is 9. The van der Waals surface area contributed by atoms with Gasteiger partial charge in [0.05, 0.1) is 100 Å². The normalized spacial score (nSPS) is 11.2. The molecule has 5 heterocycles. The molecule has 0 radical (unpaired) electrons. The second-order valence-electron chi connectivity index (χ2n) is 15.8. The van der Waals surface area contributed by atoms with Crippen LogP contribution in [0.5, 0.6) is 17.6 Å². The largest absolute Gasteiger partial charge is 0.480 e. The van der Waals surface area contributed by atoms with Crippen LogP contribution in [0.25, 0.3) is 32.7 Å². The van der Waals surface area contributed by atoms with Crippen molar-refractivity contribution in [2.75, 3.05) is 27.4 Å². The Bertz CT molecular complexity index is 3940. The van der Waals surface area contributed by atoms with Gasteiger partial charge in [0.25, 0.3) is 16.7 Å². The summed E-state index contributed by atoms with van der Waals surface area (Å²) in [7, 11) is 2.78. The van der Waals surface area contributed by atoms with Gasteiger partial charge in [0.1, 0.15) is 52.3 Å². The fraction of sp³-hybridized carbons (Fsp3) is 0.245. The maximum absolute atomic E-state index is 13.1. The molecule has 0 aliphatic rings. The summed E-state index contributed by atoms with van der Waals surface area (Å²) < 4.78 is 145. The summed E-state index contributed by atoms with van der Waals surface area (Å²) in [5.74, 6) is 0.446. The monoisotopic (exact) mass is 1150 g/mol. The topological polar surface area (TPSA) is 261 Å². The van der Waals surface area contributed by atoms with Gasteiger partial charge in [-0.3, -0.25) is 23.5 Å². The van der Waals surface area contributed by atoms with Gasteiger partial charge in [0.2, 0.25) is 23.6 Å². The Morgan fingerprint density at radius 1 is 0.595 bits per heavy atom. The molecule has 0 amide bonds. The Kier molecular flexibility index (Phi) is 19.3. The number of halogens is 12. The number of hydrogen-bond donors (Lipinski definition) is 2. The third kappa shape index (κ3) is 14.6. The van der Waals surface area contributed by atoms with Gasteiger partial charge in [-0.2, -0.15) is 69.7 Å². The van der Waals surface area contributed by atoms with Gasteiger partial charge < -0.3 is 24.3 Å². The van der Waals surface area contributed by atoms with Crippen LogP contribution >= 0.6 is 23.2 Å². The number of nitriles is 3. The van der Waals surface area contributed by atoms with Crippen LogP contribution in [-0.4, -0.2) is 71.6 Å². The number of pyridine rings is 2. The molecule has 0 aliphatic heterocycles. The lowest BCUT2D eigenvalue weighted by Crippen LogP contribution is -2.27. The number of aromatic amines is 1. The zero-order chi connectivity index (χ0) is 58.9. The Morgan fingerprint density at radius 2 is 1.00 bits per heavy atom. The number of rotatable bonds is 8. The molecule has 0 saturated heterocycles. The number of hydrogen-bond acceptors (Lipinski definition) is 15. The highest BCUT2D eigenvalue weighted by atomic mass is 35.5. The van der Waals surface area contributed by atoms with E-state index in [9.17, 15) is 63.5 Å². The Labute approximate surface area is 446 Å². The number of nitrogens with one attached hydrogen (secondary N) is 1. The van der Waals surface area contributed by atoms with Crippen LogP contribution in [0.2, 0.25) is 10.0 Å². The molecule has 0 bridgehead atoms. The summed E-state index contributed by atoms with van der Waals surface area (Å²) in [4.78, 5) is 58.3. The molecular weight excluding hydrogens is 1120 g/mol. The van der Waals surface area contributed by atoms with Crippen LogP contribution in [0.3, 0.4) is 0 Å². The first-order chi connectivity index (χ1) is 37.0. The van der Waals surface area contributed by atoms with Crippen molar-refractivity contribution in [2.45, 2.75) is 52.4 Å². The maximum Gasteiger partial charge on any atom is 0.416 e. The maximum atomic E-state index is 13.1. The molecule has 0 unspecified atom stereocenters. The first-order valence-corrected chi connectivity index (χ1v) is 22.6. The standard InChI is InChI=1S/C19H14ClF3N4O3.C13H10F3N3O2.C11H6F3N3O.C6H5ClFNO/c1-10-25-14-8-12(19(21,22)23)7-11(9-24)16(14)18(28)27(10)5-6-30-15-4-3-13(20)17(26-15)29-2;1-7-18-10-5-9(13(14,15)16)4-8(6-17)11(10)12(21)19(7)2-3-20;1-5-16-8-3-7(11(12,13)14)2-6(4-15)9(8)10(18)17-5;1-10-6-4(7)2-3-5(8)9-6/h3-4,7-8H,5-6H2,1-2H3;4-5,20H,2-3H2,1H3;2-3H,1H3,(H,16,17,18);2-3H,1H3. The molecule has 18 nitrogen and oxygen atoms in total. The molecule has 5 aromatic heterocycles. The van der Waals surface area contributed by atoms with Gasteiger partial charge in [-0.15, -0.1) is 0 Å². The van der Waals surface area contributed by atoms with E-state index in [2.05, 4.69) is 34.6 Å². The molecule has 0 atom stereocenters. The number of ether oxygens (including phenoxy) is 3. The molecule has 30 heteroatoms. The SMILES string of the molecule is COc1nc(F)ccc1Cl.COc1nc(OCCn2c(C)nc3cc(C(F)(F)F)cc(C#N)c3c2=O)ccc1Cl.Cc1nc2cc(C(F)(F)F)cc(C#N)c2c(=O)[nH]1.Cc1nc2cc(C(F)(F)F)cc(C#N)c2c(=O)n1CCO. The average Bonchev–Trinajstić information content (AvgIpc) is 3.38. The first-order valence-electron chi connectivity index (χ1n) is 21.9. The Morgan fingerprint density at radius 3 is 1.41 bits per heavy atom. The van der Waals surface area contributed by atoms with Crippen LogP contribution in [0.1, 0.15) is 50.9 Å². The lowest BCUT2D eigenvalue weighted by Gasteiger charge is -2.14. The molecule has 3 aromatic carbocycles. The summed E-state index contributed by atoms with van der Waals surface area (Å²) in [5, 5.41) is 36.1. The molecular formula is C49H35Cl2F10N11O7. The van der Waals surface area contributed by atoms with Gasteiger partial charge in [-0.25, -0.2) is 15.0 Å². The van der Waals surface area contributed by atoms with Crippen molar-refractivity contribution in [1.82, 2.24) is 39.0 Å². The van der Waals surface area contributed by atoms with Crippen LogP contribution in [0, 0.1) is 60.7 Å². The van der Waals surface area contributed by atoms with Crippen molar-refractivity contribution < 1.29 is 63.2 Å². The molecule has 79 heavy (non-hydrogen) atoms. The van der Waals surface area contributed by atoms with E-state index in [0.717, 1.165) is 22.8 Å². The summed E-state index contributed by atoms with van der Waals surface area (Å²) in [6, 6.07) is 14.6. The van der Waals surface area contributed by atoms with E-state index in [1.807, 2.05) is 0 Å². The van der Waals surface area contributed by atoms with Crippen molar-refractivity contribution in [2.24, 2.45) is 0 Å². The number of aliphatic hydroxyl groups is 1. The number of nitrogens with zero attached hydrogens (tertiary/aromatic N) is 10. The van der Waals surface area contributed by atoms with Crippen molar-refractivity contribution in [1.29, 1.82) is 15.8 Å². The second-order valence-corrected chi connectivity index (χ2v) is 16.6. The van der Waals surface area contributed by atoms with Gasteiger partial charge in [0.15, 0.2) is 0 Å². The van der Waals surface area contributed by atoms with Crippen molar-refractivity contribution >= 4 is 55.9 Å². The van der Waals surface area contributed by atoms with E-state index < -0.39 is 63.4 Å². The number of benzene rings is 3. The lowest BCUT2D eigenvalue weighted by molar-refractivity contribution is -0.138. The summed E-state index contributed by atoms with van der Waals surface area (Å²) in [6.45, 7) is 4.06. The molecule has 0 aliphatic carbocycles. The number of fused-ring (bicyclic) bond motifs is 3. The smallest absolute Gasteiger partial charge is 0.416 e. The minimum absolute atomic E-state index is 0.00818. The molecule has 0 fully saturated rings. The van der Waals surface area contributed by atoms with E-state index in [1.165, 1.54) is 63.8 Å². The van der Waals surface area contributed by atoms with Gasteiger partial charge >= 0.3 is 18.5 Å². The summed E-state index contributed by atoms with van der Waals surface area (Å²) in [6.07, 6.45) is -13.9. The molecule has 2 N–H and O–H groups in total. The molecule has 412 valence electrons. The second kappa shape index (κ2) is 25.0. The summed E-state index contributed by atoms with van der Waals surface area (Å²) in [5.41, 5.74) is -6.59. The van der Waals surface area contributed by atoms with Crippen LogP contribution in [-0.2, 0) is 31.6 Å². The number of H-pyrrole nitrogens is 1. The quantitative estimate of drug-likeness (QED) is 0.106. The Balaban J connectivity index is 0.000000206. The molecule has 8 rings (SSSR count). The highest BCUT2D eigenvalue weighted by molar-refractivity contribution is 6.32. The predicted molar refractivity (Wildman–Crippen MR) is 262 cm³/mol. The fourth-order valence-electron chi connectivity index (χ4n) is 7.10. The zero-order valence-corrected chi connectivity index (χ0v) is 42.5. The van der Waals surface area contributed by atoms with Crippen LogP contribution in [0.15, 0.2) is 75.0 Å². The summed E-state index contributed by atoms with van der Waals surface area (Å²) >= 11 is 11.4. The Hall–Kier alpha value is -8.91. The zero-order valence-electron chi connectivity index (χ0n) is 41.0. The lowest BCUT2D eigenvalue weighted by atomic mass is 10.1. The highest BCUT2D eigenvalue weighted by Crippen LogP contribution is 2.35. The van der Waals surface area contributed by atoms with E-state index in [-0.39, 0.29) is 105 Å². The molecule has 0 saturated carbocycles. The van der Waals surface area contributed by atoms with Crippen LogP contribution in [0.4, 0.5) is 43.9 Å². The van der Waals surface area contributed by atoms with E-state index in [0.29, 0.717) is 28.2 Å². The van der Waals surface area contributed by atoms with E-state index >= 15 is 0 Å². The number of aromatic nitrogens is 8. The van der Waals surface area contributed by atoms with Crippen molar-refractivity contribution in [3.63, 3.8) is 0 Å². The minimum Gasteiger partial charge on any atom is -0.480 e. The first kappa shape index (κ1) is 60.9. The number of aryl methyl sites for hydroxylation is 3. The average molecular weight is 1150 g/mol. The number of aliphatic hydroxyl groups excluding tert-OH is 1. The molecule has 8 aromatic rings. The third-order valence-corrected chi connectivity index (χ3v) is 11.2. The van der Waals surface area contributed by atoms with Gasteiger partial charge in [0, 0.05) is 6.07 Å². The predicted octanol–water partition coefficient (Wildman–Crippen LogP) is 9.32. The van der Waals surface area contributed by atoms with E-state index in [1.54, 1.807) is 18.2 Å². The fourth-order valence-corrected chi connectivity index (χ4v) is 7.46. The van der Waals surface area contributed by atoms with Crippen molar-refractivity contribution in [3.8, 4) is 35.8 Å². The minimum atomic E-state index is -4.66. The highest BCUT2D eigenvalue weighted by Gasteiger charge is 2.34. The van der Waals surface area contributed by atoms with Crippen molar-refractivity contribution in [3.05, 3.63) is 159 Å². The molecule has 0 spiro atoms. The van der Waals surface area contributed by atoms with Gasteiger partial charge in [-0.1, -0.05) is 23.2 Å². The van der Waals surface area contributed by atoms with Gasteiger partial charge in [-0.05, 0) is 75.4 Å². The van der Waals surface area contributed by atoms with E-state index in [4.69, 9.17) is 48.3 Å². The third-order valence-electron chi connectivity index (χ3n) is 10.6.